The van der Waals surface area contributed by atoms with Crippen LogP contribution in [0.1, 0.15) is 39.0 Å². The van der Waals surface area contributed by atoms with Gasteiger partial charge in [0.05, 0.1) is 0 Å². The minimum Gasteiger partial charge on any atom is -0.297 e. The lowest BCUT2D eigenvalue weighted by Crippen LogP contribution is -2.40. The maximum absolute atomic E-state index is 12.2. The fraction of sp³-hybridized carbons (Fsp3) is 0.588. The molecular weight excluding hydrogens is 276 g/mol. The summed E-state index contributed by atoms with van der Waals surface area (Å²) in [6.07, 6.45) is 1.64. The first kappa shape index (κ1) is 16.6. The number of pyridine rings is 1. The highest BCUT2D eigenvalue weighted by Gasteiger charge is 2.15. The van der Waals surface area contributed by atoms with E-state index >= 15 is 0 Å². The minimum atomic E-state index is -0.225. The predicted molar refractivity (Wildman–Crippen MR) is 90.3 cm³/mol. The first-order valence-electron chi connectivity index (χ1n) is 7.90. The van der Waals surface area contributed by atoms with Gasteiger partial charge in [-0.2, -0.15) is 0 Å². The molecule has 0 aliphatic rings. The summed E-state index contributed by atoms with van der Waals surface area (Å²) >= 11 is 0. The maximum Gasteiger partial charge on any atom is 0.349 e. The standard InChI is InChI=1S/C17H26N4O/c1-11(2)20(12(3)4)7-8-21-16-15(10-18-17(21)22)13(5)9-14(6)19-16/h9-12H,7-8H2,1-6H3. The molecule has 5 heteroatoms. The van der Waals surface area contributed by atoms with Gasteiger partial charge < -0.3 is 0 Å². The topological polar surface area (TPSA) is 51.0 Å². The molecule has 22 heavy (non-hydrogen) atoms. The molecule has 5 nitrogen and oxygen atoms in total. The Bertz CT molecular complexity index is 710. The molecule has 120 valence electrons. The van der Waals surface area contributed by atoms with Crippen molar-refractivity contribution in [2.45, 2.75) is 60.2 Å². The number of hydrogen-bond donors (Lipinski definition) is 0. The lowest BCUT2D eigenvalue weighted by Gasteiger charge is -2.30. The van der Waals surface area contributed by atoms with Gasteiger partial charge in [-0.1, -0.05) is 0 Å². The minimum absolute atomic E-state index is 0.225. The van der Waals surface area contributed by atoms with Crippen molar-refractivity contribution in [2.24, 2.45) is 0 Å². The second kappa shape index (κ2) is 6.57. The fourth-order valence-corrected chi connectivity index (χ4v) is 3.00. The molecular formula is C17H26N4O. The molecule has 0 amide bonds. The van der Waals surface area contributed by atoms with Crippen LogP contribution in [0.5, 0.6) is 0 Å². The van der Waals surface area contributed by atoms with E-state index in [1.165, 1.54) is 0 Å². The van der Waals surface area contributed by atoms with Gasteiger partial charge in [-0.15, -0.1) is 0 Å². The number of nitrogens with zero attached hydrogens (tertiary/aromatic N) is 4. The van der Waals surface area contributed by atoms with Gasteiger partial charge in [-0.3, -0.25) is 9.47 Å². The van der Waals surface area contributed by atoms with E-state index in [0.717, 1.165) is 28.8 Å². The van der Waals surface area contributed by atoms with Crippen molar-refractivity contribution in [2.75, 3.05) is 6.54 Å². The van der Waals surface area contributed by atoms with Gasteiger partial charge in [0, 0.05) is 42.5 Å². The third-order valence-electron chi connectivity index (χ3n) is 4.07. The van der Waals surface area contributed by atoms with Crippen molar-refractivity contribution >= 4 is 11.0 Å². The first-order chi connectivity index (χ1) is 10.3. The summed E-state index contributed by atoms with van der Waals surface area (Å²) in [4.78, 5) is 23.2. The quantitative estimate of drug-likeness (QED) is 0.851. The smallest absolute Gasteiger partial charge is 0.297 e. The molecule has 2 aromatic heterocycles. The average Bonchev–Trinajstić information content (AvgIpc) is 2.40. The maximum atomic E-state index is 12.2. The van der Waals surface area contributed by atoms with E-state index < -0.39 is 0 Å². The Morgan fingerprint density at radius 2 is 1.82 bits per heavy atom. The van der Waals surface area contributed by atoms with Crippen LogP contribution < -0.4 is 5.69 Å². The second-order valence-corrected chi connectivity index (χ2v) is 6.44. The molecule has 0 N–H and O–H groups in total. The van der Waals surface area contributed by atoms with Gasteiger partial charge in [0.25, 0.3) is 0 Å². The van der Waals surface area contributed by atoms with Gasteiger partial charge in [-0.25, -0.2) is 14.8 Å². The largest absolute Gasteiger partial charge is 0.349 e. The molecule has 0 aliphatic heterocycles. The lowest BCUT2D eigenvalue weighted by molar-refractivity contribution is 0.168. The van der Waals surface area contributed by atoms with Crippen LogP contribution in [-0.4, -0.2) is 38.1 Å². The predicted octanol–water partition coefficient (Wildman–Crippen LogP) is 2.53. The van der Waals surface area contributed by atoms with Crippen LogP contribution >= 0.6 is 0 Å². The summed E-state index contributed by atoms with van der Waals surface area (Å²) in [5, 5.41) is 0.950. The second-order valence-electron chi connectivity index (χ2n) is 6.44. The molecule has 0 radical (unpaired) electrons. The monoisotopic (exact) mass is 302 g/mol. The summed E-state index contributed by atoms with van der Waals surface area (Å²) in [6, 6.07) is 2.90. The summed E-state index contributed by atoms with van der Waals surface area (Å²) < 4.78 is 1.70. The number of aryl methyl sites for hydroxylation is 2. The number of hydrogen-bond acceptors (Lipinski definition) is 4. The molecule has 0 atom stereocenters. The van der Waals surface area contributed by atoms with E-state index in [1.807, 2.05) is 19.9 Å². The van der Waals surface area contributed by atoms with Crippen molar-refractivity contribution in [3.63, 3.8) is 0 Å². The van der Waals surface area contributed by atoms with E-state index in [4.69, 9.17) is 0 Å². The molecule has 0 saturated carbocycles. The van der Waals surface area contributed by atoms with E-state index in [9.17, 15) is 4.79 Å². The summed E-state index contributed by atoms with van der Waals surface area (Å²) in [6.45, 7) is 14.1. The number of fused-ring (bicyclic) bond motifs is 1. The van der Waals surface area contributed by atoms with Crippen molar-refractivity contribution in [1.82, 2.24) is 19.4 Å². The zero-order valence-electron chi connectivity index (χ0n) is 14.4. The van der Waals surface area contributed by atoms with Crippen molar-refractivity contribution < 1.29 is 0 Å². The number of aromatic nitrogens is 3. The highest BCUT2D eigenvalue weighted by atomic mass is 16.1. The van der Waals surface area contributed by atoms with E-state index in [0.29, 0.717) is 18.6 Å². The Morgan fingerprint density at radius 3 is 2.41 bits per heavy atom. The molecule has 2 rings (SSSR count). The van der Waals surface area contributed by atoms with E-state index in [2.05, 4.69) is 42.6 Å². The third kappa shape index (κ3) is 3.35. The van der Waals surface area contributed by atoms with Crippen LogP contribution in [0.2, 0.25) is 0 Å². The molecule has 0 aliphatic carbocycles. The Kier molecular flexibility index (Phi) is 4.96. The zero-order valence-corrected chi connectivity index (χ0v) is 14.4. The average molecular weight is 302 g/mol. The third-order valence-corrected chi connectivity index (χ3v) is 4.07. The van der Waals surface area contributed by atoms with Crippen LogP contribution in [0.25, 0.3) is 11.0 Å². The number of rotatable bonds is 5. The Labute approximate surface area is 132 Å². The van der Waals surface area contributed by atoms with Crippen LogP contribution in [0.3, 0.4) is 0 Å². The zero-order chi connectivity index (χ0) is 16.4. The van der Waals surface area contributed by atoms with Crippen molar-refractivity contribution in [1.29, 1.82) is 0 Å². The summed E-state index contributed by atoms with van der Waals surface area (Å²) in [5.74, 6) is 0. The fourth-order valence-electron chi connectivity index (χ4n) is 3.00. The van der Waals surface area contributed by atoms with Crippen LogP contribution in [-0.2, 0) is 6.54 Å². The van der Waals surface area contributed by atoms with E-state index in [1.54, 1.807) is 10.8 Å². The van der Waals surface area contributed by atoms with Gasteiger partial charge in [0.15, 0.2) is 0 Å². The highest BCUT2D eigenvalue weighted by Crippen LogP contribution is 2.15. The molecule has 0 aromatic carbocycles. The molecule has 0 fully saturated rings. The molecule has 0 spiro atoms. The van der Waals surface area contributed by atoms with Crippen molar-refractivity contribution in [3.05, 3.63) is 34.0 Å². The lowest BCUT2D eigenvalue weighted by atomic mass is 10.2. The van der Waals surface area contributed by atoms with Crippen LogP contribution in [0.4, 0.5) is 0 Å². The summed E-state index contributed by atoms with van der Waals surface area (Å²) in [7, 11) is 0. The van der Waals surface area contributed by atoms with Crippen LogP contribution in [0.15, 0.2) is 17.1 Å². The molecule has 2 aromatic rings. The molecule has 0 saturated heterocycles. The van der Waals surface area contributed by atoms with Crippen molar-refractivity contribution in [3.8, 4) is 0 Å². The molecule has 0 unspecified atom stereocenters. The Balaban J connectivity index is 2.42. The van der Waals surface area contributed by atoms with Crippen LogP contribution in [0, 0.1) is 13.8 Å². The summed E-state index contributed by atoms with van der Waals surface area (Å²) in [5.41, 5.74) is 2.55. The normalized spacial score (nSPS) is 12.0. The Hall–Kier alpha value is -1.75. The van der Waals surface area contributed by atoms with Gasteiger partial charge >= 0.3 is 5.69 Å². The van der Waals surface area contributed by atoms with Gasteiger partial charge in [0.2, 0.25) is 0 Å². The Morgan fingerprint density at radius 1 is 1.18 bits per heavy atom. The SMILES string of the molecule is Cc1cc(C)c2cnc(=O)n(CCN(C(C)C)C(C)C)c2n1. The van der Waals surface area contributed by atoms with Gasteiger partial charge in [-0.05, 0) is 53.2 Å². The molecule has 0 bridgehead atoms. The highest BCUT2D eigenvalue weighted by molar-refractivity contribution is 5.78. The first-order valence-corrected chi connectivity index (χ1v) is 7.90. The molecule has 2 heterocycles. The van der Waals surface area contributed by atoms with E-state index in [-0.39, 0.29) is 5.69 Å². The van der Waals surface area contributed by atoms with Gasteiger partial charge in [0.1, 0.15) is 5.65 Å².